The highest BCUT2D eigenvalue weighted by Gasteiger charge is 2.14. The Kier molecular flexibility index (Phi) is 4.53. The molecule has 5 nitrogen and oxygen atoms in total. The van der Waals surface area contributed by atoms with Crippen LogP contribution in [0.5, 0.6) is 0 Å². The van der Waals surface area contributed by atoms with E-state index in [1.807, 2.05) is 68.0 Å². The highest BCUT2D eigenvalue weighted by molar-refractivity contribution is 5.95. The Morgan fingerprint density at radius 3 is 2.61 bits per heavy atom. The molecule has 1 atom stereocenters. The third kappa shape index (κ3) is 3.21. The van der Waals surface area contributed by atoms with Gasteiger partial charge >= 0.3 is 0 Å². The van der Waals surface area contributed by atoms with Gasteiger partial charge in [0.15, 0.2) is 5.82 Å². The second-order valence-corrected chi connectivity index (χ2v) is 7.17. The van der Waals surface area contributed by atoms with Crippen LogP contribution in [0.4, 0.5) is 0 Å². The zero-order valence-electron chi connectivity index (χ0n) is 16.3. The summed E-state index contributed by atoms with van der Waals surface area (Å²) in [5, 5.41) is 5.65. The molecule has 4 rings (SSSR count). The maximum Gasteiger partial charge on any atom is 0.154 e. The summed E-state index contributed by atoms with van der Waals surface area (Å²) in [5.41, 5.74) is 12.7. The summed E-state index contributed by atoms with van der Waals surface area (Å²) in [5.74, 6) is 0.789. The molecule has 2 N–H and O–H groups in total. The molecule has 5 heteroatoms. The van der Waals surface area contributed by atoms with Crippen LogP contribution in [0.15, 0.2) is 61.3 Å². The van der Waals surface area contributed by atoms with Crippen molar-refractivity contribution in [2.75, 3.05) is 0 Å². The molecule has 3 heterocycles. The van der Waals surface area contributed by atoms with E-state index in [1.54, 1.807) is 0 Å². The molecule has 0 spiro atoms. The Labute approximate surface area is 164 Å². The number of allylic oxidation sites excluding steroid dienone is 1. The summed E-state index contributed by atoms with van der Waals surface area (Å²) in [7, 11) is 0. The normalized spacial score (nSPS) is 12.3. The van der Waals surface area contributed by atoms with E-state index >= 15 is 0 Å². The largest absolute Gasteiger partial charge is 0.323 e. The van der Waals surface area contributed by atoms with E-state index in [0.717, 1.165) is 50.5 Å². The maximum absolute atomic E-state index is 6.03. The van der Waals surface area contributed by atoms with E-state index in [1.165, 1.54) is 0 Å². The highest BCUT2D eigenvalue weighted by Crippen LogP contribution is 2.31. The molecule has 0 amide bonds. The first-order chi connectivity index (χ1) is 13.4. The third-order valence-corrected chi connectivity index (χ3v) is 4.77. The Morgan fingerprint density at radius 1 is 1.11 bits per heavy atom. The first kappa shape index (κ1) is 18.1. The quantitative estimate of drug-likeness (QED) is 0.558. The fourth-order valence-electron chi connectivity index (χ4n) is 3.32. The van der Waals surface area contributed by atoms with Gasteiger partial charge in [0.1, 0.15) is 0 Å². The number of aryl methyl sites for hydroxylation is 1. The van der Waals surface area contributed by atoms with Crippen molar-refractivity contribution in [3.63, 3.8) is 0 Å². The molecule has 0 saturated carbocycles. The van der Waals surface area contributed by atoms with Gasteiger partial charge in [0.25, 0.3) is 0 Å². The van der Waals surface area contributed by atoms with Crippen LogP contribution in [0.3, 0.4) is 0 Å². The van der Waals surface area contributed by atoms with E-state index in [0.29, 0.717) is 0 Å². The van der Waals surface area contributed by atoms with E-state index in [2.05, 4.69) is 28.8 Å². The molecule has 28 heavy (non-hydrogen) atoms. The SMILES string of the molecule is C=C(C)c1cc(-c2cccc(C(C)N)n2)cc2c1cnn2-c1cccc(C)n1. The molecular weight excluding hydrogens is 346 g/mol. The summed E-state index contributed by atoms with van der Waals surface area (Å²) in [6.45, 7) is 10.1. The van der Waals surface area contributed by atoms with Crippen molar-refractivity contribution in [3.05, 3.63) is 78.3 Å². The lowest BCUT2D eigenvalue weighted by Crippen LogP contribution is -2.07. The van der Waals surface area contributed by atoms with Crippen molar-refractivity contribution < 1.29 is 0 Å². The summed E-state index contributed by atoms with van der Waals surface area (Å²) in [4.78, 5) is 9.38. The van der Waals surface area contributed by atoms with Crippen LogP contribution < -0.4 is 5.73 Å². The van der Waals surface area contributed by atoms with Crippen molar-refractivity contribution in [3.8, 4) is 17.1 Å². The van der Waals surface area contributed by atoms with E-state index in [-0.39, 0.29) is 6.04 Å². The Morgan fingerprint density at radius 2 is 1.89 bits per heavy atom. The number of aromatic nitrogens is 4. The Hall–Kier alpha value is -3.31. The number of fused-ring (bicyclic) bond motifs is 1. The fourth-order valence-corrected chi connectivity index (χ4v) is 3.32. The van der Waals surface area contributed by atoms with Gasteiger partial charge < -0.3 is 5.73 Å². The zero-order valence-corrected chi connectivity index (χ0v) is 16.3. The van der Waals surface area contributed by atoms with Gasteiger partial charge in [0.05, 0.1) is 23.1 Å². The van der Waals surface area contributed by atoms with Gasteiger partial charge in [-0.05, 0) is 62.7 Å². The number of hydrogen-bond donors (Lipinski definition) is 1. The van der Waals surface area contributed by atoms with Gasteiger partial charge in [-0.2, -0.15) is 5.10 Å². The summed E-state index contributed by atoms with van der Waals surface area (Å²) < 4.78 is 1.87. The van der Waals surface area contributed by atoms with E-state index in [4.69, 9.17) is 10.7 Å². The minimum Gasteiger partial charge on any atom is -0.323 e. The van der Waals surface area contributed by atoms with E-state index in [9.17, 15) is 0 Å². The lowest BCUT2D eigenvalue weighted by Gasteiger charge is -2.11. The standard InChI is InChI=1S/C23H23N5/c1-14(2)18-11-17(21-9-6-8-20(27-21)16(4)24)12-22-19(18)13-25-28(22)23-10-5-7-15(3)26-23/h5-13,16H,1,24H2,2-4H3. The molecule has 1 aromatic carbocycles. The second-order valence-electron chi connectivity index (χ2n) is 7.17. The minimum atomic E-state index is -0.119. The van der Waals surface area contributed by atoms with Crippen LogP contribution in [0, 0.1) is 6.92 Å². The fraction of sp³-hybridized carbons (Fsp3) is 0.174. The molecule has 3 aromatic heterocycles. The monoisotopic (exact) mass is 369 g/mol. The lowest BCUT2D eigenvalue weighted by molar-refractivity contribution is 0.782. The van der Waals surface area contributed by atoms with Gasteiger partial charge in [-0.25, -0.2) is 9.67 Å². The van der Waals surface area contributed by atoms with E-state index < -0.39 is 0 Å². The summed E-state index contributed by atoms with van der Waals surface area (Å²) in [6, 6.07) is 16.0. The molecule has 0 bridgehead atoms. The number of nitrogens with two attached hydrogens (primary N) is 1. The number of hydrogen-bond acceptors (Lipinski definition) is 4. The van der Waals surface area contributed by atoms with Gasteiger partial charge in [-0.3, -0.25) is 4.98 Å². The summed E-state index contributed by atoms with van der Waals surface area (Å²) in [6.07, 6.45) is 1.87. The van der Waals surface area contributed by atoms with Crippen LogP contribution >= 0.6 is 0 Å². The predicted molar refractivity (Wildman–Crippen MR) is 114 cm³/mol. The van der Waals surface area contributed by atoms with Crippen molar-refractivity contribution in [1.29, 1.82) is 0 Å². The van der Waals surface area contributed by atoms with Crippen LogP contribution in [-0.4, -0.2) is 19.7 Å². The van der Waals surface area contributed by atoms with Gasteiger partial charge in [0, 0.05) is 22.7 Å². The van der Waals surface area contributed by atoms with Crippen LogP contribution in [-0.2, 0) is 0 Å². The number of benzene rings is 1. The summed E-state index contributed by atoms with van der Waals surface area (Å²) >= 11 is 0. The third-order valence-electron chi connectivity index (χ3n) is 4.77. The molecule has 0 saturated heterocycles. The minimum absolute atomic E-state index is 0.119. The topological polar surface area (TPSA) is 69.6 Å². The van der Waals surface area contributed by atoms with Crippen molar-refractivity contribution in [2.45, 2.75) is 26.8 Å². The number of pyridine rings is 2. The zero-order chi connectivity index (χ0) is 19.8. The smallest absolute Gasteiger partial charge is 0.154 e. The lowest BCUT2D eigenvalue weighted by atomic mass is 9.99. The maximum atomic E-state index is 6.03. The number of rotatable bonds is 4. The molecular formula is C23H23N5. The molecule has 0 fully saturated rings. The molecule has 1 unspecified atom stereocenters. The molecule has 0 aliphatic heterocycles. The van der Waals surface area contributed by atoms with Gasteiger partial charge in [-0.15, -0.1) is 0 Å². The second kappa shape index (κ2) is 7.02. The van der Waals surface area contributed by atoms with Crippen molar-refractivity contribution in [1.82, 2.24) is 19.7 Å². The predicted octanol–water partition coefficient (Wildman–Crippen LogP) is 4.84. The Bertz CT molecular complexity index is 1190. The van der Waals surface area contributed by atoms with Crippen LogP contribution in [0.1, 0.15) is 36.8 Å². The number of nitrogens with zero attached hydrogens (tertiary/aromatic N) is 4. The van der Waals surface area contributed by atoms with Crippen LogP contribution in [0.25, 0.3) is 33.6 Å². The molecule has 0 aliphatic rings. The van der Waals surface area contributed by atoms with Crippen LogP contribution in [0.2, 0.25) is 0 Å². The molecule has 0 radical (unpaired) electrons. The van der Waals surface area contributed by atoms with Crippen molar-refractivity contribution >= 4 is 16.5 Å². The average Bonchev–Trinajstić information content (AvgIpc) is 3.11. The van der Waals surface area contributed by atoms with Gasteiger partial charge in [0.2, 0.25) is 0 Å². The average molecular weight is 369 g/mol. The Balaban J connectivity index is 1.97. The highest BCUT2D eigenvalue weighted by atomic mass is 15.3. The molecule has 4 aromatic rings. The molecule has 140 valence electrons. The molecule has 0 aliphatic carbocycles. The first-order valence-electron chi connectivity index (χ1n) is 9.28. The van der Waals surface area contributed by atoms with Gasteiger partial charge in [-0.1, -0.05) is 24.3 Å². The van der Waals surface area contributed by atoms with Crippen molar-refractivity contribution in [2.24, 2.45) is 5.73 Å². The first-order valence-corrected chi connectivity index (χ1v) is 9.28.